The molecule has 0 fully saturated rings. The summed E-state index contributed by atoms with van der Waals surface area (Å²) >= 11 is 0. The minimum absolute atomic E-state index is 0.394. The number of nitrogens with zero attached hydrogens (tertiary/aromatic N) is 6. The predicted molar refractivity (Wildman–Crippen MR) is 91.1 cm³/mol. The molecule has 0 atom stereocenters. The van der Waals surface area contributed by atoms with Crippen molar-refractivity contribution in [2.24, 2.45) is 7.05 Å². The molecular weight excluding hydrogens is 316 g/mol. The lowest BCUT2D eigenvalue weighted by atomic mass is 10.2. The zero-order chi connectivity index (χ0) is 17.2. The molecular formula is C18H14N6O. The number of hydrogen-bond donors (Lipinski definition) is 0. The summed E-state index contributed by atoms with van der Waals surface area (Å²) < 4.78 is 9.31. The molecule has 0 unspecified atom stereocenters. The number of fused-ring (bicyclic) bond motifs is 1. The van der Waals surface area contributed by atoms with Crippen LogP contribution in [0.3, 0.4) is 0 Å². The van der Waals surface area contributed by atoms with Gasteiger partial charge in [-0.3, -0.25) is 4.68 Å². The van der Waals surface area contributed by atoms with E-state index in [0.29, 0.717) is 23.9 Å². The molecule has 0 saturated carbocycles. The monoisotopic (exact) mass is 330 g/mol. The highest BCUT2D eigenvalue weighted by Crippen LogP contribution is 2.19. The topological polar surface area (TPSA) is 81.5 Å². The SMILES string of the molecule is Cn1ncc2ccc(COc3ccnn3-c3cc(C#N)ccn3)cc21. The van der Waals surface area contributed by atoms with E-state index in [4.69, 9.17) is 10.00 Å². The molecule has 0 amide bonds. The number of benzene rings is 1. The zero-order valence-electron chi connectivity index (χ0n) is 13.5. The van der Waals surface area contributed by atoms with Crippen LogP contribution in [0.25, 0.3) is 16.7 Å². The zero-order valence-corrected chi connectivity index (χ0v) is 13.5. The van der Waals surface area contributed by atoms with Crippen LogP contribution < -0.4 is 4.74 Å². The molecule has 7 nitrogen and oxygen atoms in total. The molecule has 4 rings (SSSR count). The lowest BCUT2D eigenvalue weighted by Crippen LogP contribution is -2.05. The summed E-state index contributed by atoms with van der Waals surface area (Å²) in [6.07, 6.45) is 5.05. The highest BCUT2D eigenvalue weighted by molar-refractivity contribution is 5.79. The van der Waals surface area contributed by atoms with E-state index in [1.807, 2.05) is 30.1 Å². The first kappa shape index (κ1) is 14.9. The Balaban J connectivity index is 1.58. The third kappa shape index (κ3) is 2.81. The maximum absolute atomic E-state index is 9.03. The van der Waals surface area contributed by atoms with Crippen LogP contribution >= 0.6 is 0 Å². The van der Waals surface area contributed by atoms with Gasteiger partial charge in [-0.05, 0) is 17.7 Å². The van der Waals surface area contributed by atoms with Gasteiger partial charge in [-0.2, -0.15) is 20.1 Å². The van der Waals surface area contributed by atoms with Crippen LogP contribution in [-0.4, -0.2) is 24.5 Å². The number of rotatable bonds is 4. The highest BCUT2D eigenvalue weighted by Gasteiger charge is 2.09. The molecule has 0 bridgehead atoms. The molecule has 0 spiro atoms. The van der Waals surface area contributed by atoms with Gasteiger partial charge >= 0.3 is 0 Å². The minimum Gasteiger partial charge on any atom is -0.473 e. The van der Waals surface area contributed by atoms with E-state index >= 15 is 0 Å². The van der Waals surface area contributed by atoms with Crippen LogP contribution in [0.15, 0.2) is 55.0 Å². The summed E-state index contributed by atoms with van der Waals surface area (Å²) in [5.74, 6) is 1.11. The van der Waals surface area contributed by atoms with Crippen molar-refractivity contribution in [2.75, 3.05) is 0 Å². The fourth-order valence-electron chi connectivity index (χ4n) is 2.61. The van der Waals surface area contributed by atoms with Gasteiger partial charge in [0.05, 0.1) is 29.5 Å². The third-order valence-electron chi connectivity index (χ3n) is 3.90. The summed E-state index contributed by atoms with van der Waals surface area (Å²) in [5.41, 5.74) is 2.61. The smallest absolute Gasteiger partial charge is 0.218 e. The summed E-state index contributed by atoms with van der Waals surface area (Å²) in [4.78, 5) is 4.25. The van der Waals surface area contributed by atoms with Crippen LogP contribution in [0.2, 0.25) is 0 Å². The van der Waals surface area contributed by atoms with Crippen molar-refractivity contribution in [1.29, 1.82) is 5.26 Å². The molecule has 4 aromatic rings. The van der Waals surface area contributed by atoms with Gasteiger partial charge in [-0.1, -0.05) is 12.1 Å². The van der Waals surface area contributed by atoms with Gasteiger partial charge in [0.2, 0.25) is 5.88 Å². The van der Waals surface area contributed by atoms with Crippen LogP contribution in [-0.2, 0) is 13.7 Å². The van der Waals surface area contributed by atoms with Gasteiger partial charge < -0.3 is 4.74 Å². The number of nitriles is 1. The first-order valence-corrected chi connectivity index (χ1v) is 7.68. The Hall–Kier alpha value is -3.66. The van der Waals surface area contributed by atoms with Gasteiger partial charge in [-0.15, -0.1) is 0 Å². The molecule has 0 N–H and O–H groups in total. The van der Waals surface area contributed by atoms with Crippen molar-refractivity contribution in [3.8, 4) is 17.8 Å². The molecule has 122 valence electrons. The number of aromatic nitrogens is 5. The van der Waals surface area contributed by atoms with Crippen LogP contribution in [0.4, 0.5) is 0 Å². The standard InChI is InChI=1S/C18H14N6O/c1-23-16-8-14(2-3-15(16)11-22-23)12-25-18-5-7-21-24(18)17-9-13(10-19)4-6-20-17/h2-9,11H,12H2,1H3. The molecule has 3 aromatic heterocycles. The average Bonchev–Trinajstić information content (AvgIpc) is 3.27. The maximum atomic E-state index is 9.03. The first-order valence-electron chi connectivity index (χ1n) is 7.68. The van der Waals surface area contributed by atoms with Gasteiger partial charge in [0, 0.05) is 30.8 Å². The second-order valence-corrected chi connectivity index (χ2v) is 5.55. The molecule has 0 saturated heterocycles. The Morgan fingerprint density at radius 3 is 2.92 bits per heavy atom. The van der Waals surface area contributed by atoms with Crippen molar-refractivity contribution in [3.05, 3.63) is 66.1 Å². The van der Waals surface area contributed by atoms with Crippen LogP contribution in [0.5, 0.6) is 5.88 Å². The normalized spacial score (nSPS) is 10.7. The van der Waals surface area contributed by atoms with Gasteiger partial charge in [0.1, 0.15) is 6.61 Å². The number of ether oxygens (including phenoxy) is 1. The van der Waals surface area contributed by atoms with Crippen molar-refractivity contribution < 1.29 is 4.74 Å². The second-order valence-electron chi connectivity index (χ2n) is 5.55. The Labute approximate surface area is 143 Å². The number of aryl methyl sites for hydroxylation is 1. The molecule has 3 heterocycles. The van der Waals surface area contributed by atoms with Gasteiger partial charge in [-0.25, -0.2) is 4.98 Å². The average molecular weight is 330 g/mol. The molecule has 0 aliphatic carbocycles. The lowest BCUT2D eigenvalue weighted by molar-refractivity contribution is 0.284. The summed E-state index contributed by atoms with van der Waals surface area (Å²) in [6.45, 7) is 0.394. The third-order valence-corrected chi connectivity index (χ3v) is 3.90. The fourth-order valence-corrected chi connectivity index (χ4v) is 2.61. The van der Waals surface area contributed by atoms with Gasteiger partial charge in [0.25, 0.3) is 0 Å². The van der Waals surface area contributed by atoms with E-state index in [-0.39, 0.29) is 0 Å². The van der Waals surface area contributed by atoms with Crippen LogP contribution in [0.1, 0.15) is 11.1 Å². The summed E-state index contributed by atoms with van der Waals surface area (Å²) in [6, 6.07) is 13.3. The van der Waals surface area contributed by atoms with E-state index in [1.54, 1.807) is 35.3 Å². The van der Waals surface area contributed by atoms with Crippen molar-refractivity contribution >= 4 is 10.9 Å². The molecule has 1 aromatic carbocycles. The molecule has 7 heteroatoms. The van der Waals surface area contributed by atoms with Crippen molar-refractivity contribution in [2.45, 2.75) is 6.61 Å². The highest BCUT2D eigenvalue weighted by atomic mass is 16.5. The van der Waals surface area contributed by atoms with E-state index < -0.39 is 0 Å². The Bertz CT molecular complexity index is 1090. The molecule has 25 heavy (non-hydrogen) atoms. The van der Waals surface area contributed by atoms with E-state index in [2.05, 4.69) is 27.3 Å². The maximum Gasteiger partial charge on any atom is 0.218 e. The van der Waals surface area contributed by atoms with Crippen molar-refractivity contribution in [3.63, 3.8) is 0 Å². The quantitative estimate of drug-likeness (QED) is 0.574. The molecule has 0 radical (unpaired) electrons. The lowest BCUT2D eigenvalue weighted by Gasteiger charge is -2.09. The Morgan fingerprint density at radius 2 is 2.04 bits per heavy atom. The number of pyridine rings is 1. The van der Waals surface area contributed by atoms with E-state index in [0.717, 1.165) is 16.5 Å². The molecule has 0 aliphatic heterocycles. The minimum atomic E-state index is 0.394. The summed E-state index contributed by atoms with van der Waals surface area (Å²) in [7, 11) is 1.91. The van der Waals surface area contributed by atoms with Gasteiger partial charge in [0.15, 0.2) is 5.82 Å². The molecule has 0 aliphatic rings. The van der Waals surface area contributed by atoms with E-state index in [1.165, 1.54) is 0 Å². The Morgan fingerprint density at radius 1 is 1.12 bits per heavy atom. The van der Waals surface area contributed by atoms with Crippen molar-refractivity contribution in [1.82, 2.24) is 24.5 Å². The van der Waals surface area contributed by atoms with E-state index in [9.17, 15) is 0 Å². The summed E-state index contributed by atoms with van der Waals surface area (Å²) in [5, 5.41) is 18.6. The largest absolute Gasteiger partial charge is 0.473 e. The van der Waals surface area contributed by atoms with Crippen LogP contribution in [0, 0.1) is 11.3 Å². The first-order chi connectivity index (χ1) is 12.2. The predicted octanol–water partition coefficient (Wildman–Crippen LogP) is 2.60. The second kappa shape index (κ2) is 6.09. The fraction of sp³-hybridized carbons (Fsp3) is 0.111. The Kier molecular flexibility index (Phi) is 3.63. The number of hydrogen-bond acceptors (Lipinski definition) is 5.